The highest BCUT2D eigenvalue weighted by Gasteiger charge is 2.18. The third kappa shape index (κ3) is 2.87. The summed E-state index contributed by atoms with van der Waals surface area (Å²) in [4.78, 5) is 10.8. The molecule has 1 aliphatic heterocycles. The molecule has 24 heavy (non-hydrogen) atoms. The van der Waals surface area contributed by atoms with Crippen molar-refractivity contribution in [3.63, 3.8) is 0 Å². The van der Waals surface area contributed by atoms with Crippen LogP contribution in [0.2, 0.25) is 5.02 Å². The number of hydrogen-bond donors (Lipinski definition) is 0. The molecule has 4 rings (SSSR count). The molecule has 1 unspecified atom stereocenters. The maximum absolute atomic E-state index is 6.10. The molecule has 0 N–H and O–H groups in total. The van der Waals surface area contributed by atoms with Crippen LogP contribution in [0.25, 0.3) is 0 Å². The molecule has 1 atom stereocenters. The molecule has 1 aromatic carbocycles. The van der Waals surface area contributed by atoms with Gasteiger partial charge < -0.3 is 4.90 Å². The number of fused-ring (bicyclic) bond motifs is 1. The van der Waals surface area contributed by atoms with Crippen LogP contribution in [0, 0.1) is 0 Å². The zero-order chi connectivity index (χ0) is 16.5. The van der Waals surface area contributed by atoms with Gasteiger partial charge in [0.15, 0.2) is 0 Å². The third-order valence-electron chi connectivity index (χ3n) is 4.61. The van der Waals surface area contributed by atoms with E-state index < -0.39 is 0 Å². The van der Waals surface area contributed by atoms with E-state index in [0.717, 1.165) is 35.8 Å². The molecule has 1 aliphatic rings. The average molecular weight is 340 g/mol. The Kier molecular flexibility index (Phi) is 3.94. The van der Waals surface area contributed by atoms with Crippen molar-refractivity contribution in [3.05, 3.63) is 71.0 Å². The lowest BCUT2D eigenvalue weighted by Gasteiger charge is -2.31. The van der Waals surface area contributed by atoms with E-state index in [1.165, 1.54) is 11.1 Å². The molecule has 3 aromatic rings. The molecule has 0 saturated heterocycles. The predicted molar refractivity (Wildman–Crippen MR) is 94.3 cm³/mol. The predicted octanol–water partition coefficient (Wildman–Crippen LogP) is 3.50. The summed E-state index contributed by atoms with van der Waals surface area (Å²) in [6.07, 6.45) is 8.11. The number of rotatable bonds is 3. The average Bonchev–Trinajstić information content (AvgIpc) is 3.15. The molecular weight excluding hydrogens is 322 g/mol. The molecule has 5 nitrogen and oxygen atoms in total. The van der Waals surface area contributed by atoms with Gasteiger partial charge in [0.05, 0.1) is 17.9 Å². The van der Waals surface area contributed by atoms with E-state index in [9.17, 15) is 0 Å². The van der Waals surface area contributed by atoms with Crippen LogP contribution in [-0.2, 0) is 13.0 Å². The summed E-state index contributed by atoms with van der Waals surface area (Å²) in [5.74, 6) is 0. The fraction of sp³-hybridized carbons (Fsp3) is 0.278. The summed E-state index contributed by atoms with van der Waals surface area (Å²) in [6.45, 7) is 3.95. The maximum atomic E-state index is 6.10. The van der Waals surface area contributed by atoms with Gasteiger partial charge in [0.2, 0.25) is 0 Å². The summed E-state index contributed by atoms with van der Waals surface area (Å²) in [5, 5.41) is 5.04. The van der Waals surface area contributed by atoms with Crippen molar-refractivity contribution >= 4 is 17.3 Å². The minimum absolute atomic E-state index is 0.107. The fourth-order valence-corrected chi connectivity index (χ4v) is 3.35. The maximum Gasteiger partial charge on any atom is 0.137 e. The Bertz CT molecular complexity index is 846. The van der Waals surface area contributed by atoms with Crippen LogP contribution in [0.5, 0.6) is 0 Å². The van der Waals surface area contributed by atoms with E-state index >= 15 is 0 Å². The Hall–Kier alpha value is -2.40. The number of halogens is 1. The van der Waals surface area contributed by atoms with Gasteiger partial charge >= 0.3 is 0 Å². The van der Waals surface area contributed by atoms with Crippen LogP contribution in [0.4, 0.5) is 5.69 Å². The second-order valence-corrected chi connectivity index (χ2v) is 6.55. The Balaban J connectivity index is 1.59. The van der Waals surface area contributed by atoms with Crippen LogP contribution >= 0.6 is 11.6 Å². The fourth-order valence-electron chi connectivity index (χ4n) is 3.16. The van der Waals surface area contributed by atoms with Gasteiger partial charge in [-0.2, -0.15) is 5.10 Å². The van der Waals surface area contributed by atoms with Crippen molar-refractivity contribution in [2.45, 2.75) is 25.9 Å². The SMILES string of the molecule is CC(c1cncc(N2CCc3cc(Cl)ccc3C2)c1)n1cncn1. The summed E-state index contributed by atoms with van der Waals surface area (Å²) >= 11 is 6.10. The van der Waals surface area contributed by atoms with E-state index in [4.69, 9.17) is 11.6 Å². The smallest absolute Gasteiger partial charge is 0.137 e. The molecule has 0 radical (unpaired) electrons. The van der Waals surface area contributed by atoms with Crippen LogP contribution in [-0.4, -0.2) is 26.3 Å². The molecule has 6 heteroatoms. The monoisotopic (exact) mass is 339 g/mol. The number of aromatic nitrogens is 4. The molecule has 0 spiro atoms. The Labute approximate surface area is 145 Å². The van der Waals surface area contributed by atoms with Gasteiger partial charge in [-0.15, -0.1) is 0 Å². The molecule has 0 bridgehead atoms. The van der Waals surface area contributed by atoms with E-state index in [1.54, 1.807) is 12.7 Å². The van der Waals surface area contributed by atoms with E-state index in [1.807, 2.05) is 23.1 Å². The van der Waals surface area contributed by atoms with Crippen molar-refractivity contribution in [2.24, 2.45) is 0 Å². The van der Waals surface area contributed by atoms with Crippen molar-refractivity contribution < 1.29 is 0 Å². The van der Waals surface area contributed by atoms with Crippen molar-refractivity contribution in [2.75, 3.05) is 11.4 Å². The summed E-state index contributed by atoms with van der Waals surface area (Å²) < 4.78 is 1.84. The Morgan fingerprint density at radius 2 is 2.04 bits per heavy atom. The zero-order valence-electron chi connectivity index (χ0n) is 13.4. The third-order valence-corrected chi connectivity index (χ3v) is 4.84. The highest BCUT2D eigenvalue weighted by molar-refractivity contribution is 6.30. The van der Waals surface area contributed by atoms with Crippen LogP contribution in [0.15, 0.2) is 49.3 Å². The van der Waals surface area contributed by atoms with E-state index in [0.29, 0.717) is 0 Å². The van der Waals surface area contributed by atoms with Gasteiger partial charge in [0.1, 0.15) is 12.7 Å². The normalized spacial score (nSPS) is 15.2. The van der Waals surface area contributed by atoms with Crippen LogP contribution in [0.1, 0.15) is 29.7 Å². The Morgan fingerprint density at radius 1 is 1.12 bits per heavy atom. The molecule has 0 aliphatic carbocycles. The number of nitrogens with zero attached hydrogens (tertiary/aromatic N) is 5. The zero-order valence-corrected chi connectivity index (χ0v) is 14.2. The number of pyridine rings is 1. The summed E-state index contributed by atoms with van der Waals surface area (Å²) in [5.41, 5.74) is 4.94. The first-order valence-corrected chi connectivity index (χ1v) is 8.40. The van der Waals surface area contributed by atoms with Crippen LogP contribution < -0.4 is 4.90 Å². The second-order valence-electron chi connectivity index (χ2n) is 6.11. The molecule has 2 aromatic heterocycles. The molecule has 122 valence electrons. The topological polar surface area (TPSA) is 46.8 Å². The van der Waals surface area contributed by atoms with E-state index in [-0.39, 0.29) is 6.04 Å². The van der Waals surface area contributed by atoms with Gasteiger partial charge in [-0.3, -0.25) is 4.98 Å². The molecule has 3 heterocycles. The molecule has 0 fully saturated rings. The van der Waals surface area contributed by atoms with Gasteiger partial charge in [-0.25, -0.2) is 9.67 Å². The van der Waals surface area contributed by atoms with Gasteiger partial charge in [-0.1, -0.05) is 17.7 Å². The first-order valence-electron chi connectivity index (χ1n) is 8.02. The lowest BCUT2D eigenvalue weighted by Crippen LogP contribution is -2.30. The van der Waals surface area contributed by atoms with Gasteiger partial charge in [-0.05, 0) is 48.2 Å². The summed E-state index contributed by atoms with van der Waals surface area (Å²) in [6, 6.07) is 8.47. The number of benzene rings is 1. The Morgan fingerprint density at radius 3 is 2.88 bits per heavy atom. The lowest BCUT2D eigenvalue weighted by molar-refractivity contribution is 0.561. The number of anilines is 1. The minimum atomic E-state index is 0.107. The van der Waals surface area contributed by atoms with Crippen molar-refractivity contribution in [3.8, 4) is 0 Å². The number of hydrogen-bond acceptors (Lipinski definition) is 4. The molecular formula is C18H18ClN5. The minimum Gasteiger partial charge on any atom is -0.366 e. The van der Waals surface area contributed by atoms with Gasteiger partial charge in [0.25, 0.3) is 0 Å². The van der Waals surface area contributed by atoms with Crippen molar-refractivity contribution in [1.82, 2.24) is 19.7 Å². The first kappa shape index (κ1) is 15.1. The standard InChI is InChI=1S/C18H18ClN5/c1-13(24-12-21-11-22-24)16-7-18(9-20-8-16)23-5-4-14-6-17(19)3-2-15(14)10-23/h2-3,6-9,11-13H,4-5,10H2,1H3. The molecule has 0 amide bonds. The first-order chi connectivity index (χ1) is 11.7. The second kappa shape index (κ2) is 6.24. The van der Waals surface area contributed by atoms with Gasteiger partial charge in [0, 0.05) is 24.3 Å². The summed E-state index contributed by atoms with van der Waals surface area (Å²) in [7, 11) is 0. The lowest BCUT2D eigenvalue weighted by atomic mass is 9.99. The quantitative estimate of drug-likeness (QED) is 0.732. The van der Waals surface area contributed by atoms with E-state index in [2.05, 4.69) is 45.1 Å². The highest BCUT2D eigenvalue weighted by Crippen LogP contribution is 2.28. The highest BCUT2D eigenvalue weighted by atomic mass is 35.5. The largest absolute Gasteiger partial charge is 0.366 e. The molecule has 0 saturated carbocycles. The van der Waals surface area contributed by atoms with Crippen molar-refractivity contribution in [1.29, 1.82) is 0 Å². The van der Waals surface area contributed by atoms with Crippen LogP contribution in [0.3, 0.4) is 0 Å².